The van der Waals surface area contributed by atoms with E-state index in [4.69, 9.17) is 11.6 Å². The van der Waals surface area contributed by atoms with Crippen molar-refractivity contribution >= 4 is 34.8 Å². The van der Waals surface area contributed by atoms with Gasteiger partial charge in [-0.2, -0.15) is 0 Å². The maximum Gasteiger partial charge on any atom is 0.281 e. The molecular weight excluding hydrogens is 358 g/mol. The minimum Gasteiger partial charge on any atom is -0.267 e. The monoisotopic (exact) mass is 371 g/mol. The first-order chi connectivity index (χ1) is 12.1. The number of nitrogens with zero attached hydrogens (tertiary/aromatic N) is 1. The van der Waals surface area contributed by atoms with Gasteiger partial charge in [-0.05, 0) is 19.1 Å². The molecule has 0 aliphatic rings. The Morgan fingerprint density at radius 2 is 1.60 bits per heavy atom. The molecule has 0 aliphatic carbocycles. The average molecular weight is 372 g/mol. The highest BCUT2D eigenvalue weighted by atomic mass is 35.5. The van der Waals surface area contributed by atoms with Crippen molar-refractivity contribution in [2.45, 2.75) is 6.92 Å². The van der Waals surface area contributed by atoms with E-state index in [-0.39, 0.29) is 5.56 Å². The predicted molar refractivity (Wildman–Crippen MR) is 98.7 cm³/mol. The molecule has 2 N–H and O–H groups in total. The summed E-state index contributed by atoms with van der Waals surface area (Å²) in [5, 5.41) is 1.07. The Morgan fingerprint density at radius 3 is 2.32 bits per heavy atom. The summed E-state index contributed by atoms with van der Waals surface area (Å²) in [6.45, 7) is 1.76. The van der Waals surface area contributed by atoms with E-state index >= 15 is 0 Å². The van der Waals surface area contributed by atoms with E-state index < -0.39 is 11.8 Å². The van der Waals surface area contributed by atoms with Crippen LogP contribution in [0.2, 0.25) is 5.02 Å². The lowest BCUT2D eigenvalue weighted by molar-refractivity contribution is 0.0848. The number of nitrogens with one attached hydrogen (secondary N) is 2. The number of benzene rings is 2. The second kappa shape index (κ2) is 7.46. The van der Waals surface area contributed by atoms with Crippen LogP contribution in [-0.4, -0.2) is 16.8 Å². The molecule has 3 rings (SSSR count). The molecule has 2 aromatic carbocycles. The van der Waals surface area contributed by atoms with Gasteiger partial charge < -0.3 is 0 Å². The summed E-state index contributed by atoms with van der Waals surface area (Å²) in [5.74, 6) is -0.901. The van der Waals surface area contributed by atoms with Crippen molar-refractivity contribution in [2.75, 3.05) is 0 Å². The van der Waals surface area contributed by atoms with Crippen LogP contribution in [-0.2, 0) is 0 Å². The van der Waals surface area contributed by atoms with Crippen LogP contribution < -0.4 is 10.9 Å². The molecule has 0 saturated heterocycles. The van der Waals surface area contributed by atoms with Gasteiger partial charge in [0.25, 0.3) is 11.8 Å². The zero-order chi connectivity index (χ0) is 17.8. The third kappa shape index (κ3) is 3.87. The molecule has 0 saturated carbocycles. The van der Waals surface area contributed by atoms with Crippen molar-refractivity contribution in [3.8, 4) is 10.6 Å². The fraction of sp³-hybridized carbons (Fsp3) is 0.0556. The molecule has 1 aromatic heterocycles. The summed E-state index contributed by atoms with van der Waals surface area (Å²) in [6, 6.07) is 16.2. The number of amides is 2. The lowest BCUT2D eigenvalue weighted by Crippen LogP contribution is -2.41. The van der Waals surface area contributed by atoms with Gasteiger partial charge in [0.2, 0.25) is 0 Å². The van der Waals surface area contributed by atoms with Gasteiger partial charge in [-0.15, -0.1) is 11.3 Å². The molecule has 0 spiro atoms. The fourth-order valence-corrected chi connectivity index (χ4v) is 3.38. The van der Waals surface area contributed by atoms with Crippen LogP contribution in [0.3, 0.4) is 0 Å². The van der Waals surface area contributed by atoms with E-state index in [1.807, 2.05) is 30.3 Å². The molecular formula is C18H14ClN3O2S. The number of hydrogen-bond donors (Lipinski definition) is 2. The summed E-state index contributed by atoms with van der Waals surface area (Å²) in [5.41, 5.74) is 6.61. The van der Waals surface area contributed by atoms with E-state index in [0.717, 1.165) is 10.6 Å². The van der Waals surface area contributed by atoms with E-state index in [0.29, 0.717) is 15.6 Å². The number of halogens is 1. The molecule has 3 aromatic rings. The Bertz CT molecular complexity index is 925. The summed E-state index contributed by atoms with van der Waals surface area (Å²) in [6.07, 6.45) is 0. The normalized spacial score (nSPS) is 10.3. The average Bonchev–Trinajstić information content (AvgIpc) is 3.02. The zero-order valence-corrected chi connectivity index (χ0v) is 14.8. The Hall–Kier alpha value is -2.70. The van der Waals surface area contributed by atoms with Crippen molar-refractivity contribution in [3.05, 3.63) is 75.8 Å². The molecule has 2 amide bonds. The standard InChI is InChI=1S/C18H14ClN3O2S/c1-11-15(25-18(20-11)12-7-3-2-4-8-12)17(24)22-21-16(23)13-9-5-6-10-14(13)19/h2-10H,1H3,(H,21,23)(H,22,24). The summed E-state index contributed by atoms with van der Waals surface area (Å²) >= 11 is 7.24. The molecule has 126 valence electrons. The van der Waals surface area contributed by atoms with Crippen LogP contribution >= 0.6 is 22.9 Å². The third-order valence-electron chi connectivity index (χ3n) is 3.43. The Labute approximate surface area is 153 Å². The molecule has 5 nitrogen and oxygen atoms in total. The van der Waals surface area contributed by atoms with Gasteiger partial charge in [0.05, 0.1) is 16.3 Å². The highest BCUT2D eigenvalue weighted by Crippen LogP contribution is 2.27. The van der Waals surface area contributed by atoms with E-state index in [9.17, 15) is 9.59 Å². The van der Waals surface area contributed by atoms with Gasteiger partial charge in [0, 0.05) is 5.56 Å². The largest absolute Gasteiger partial charge is 0.281 e. The molecule has 0 fully saturated rings. The first-order valence-corrected chi connectivity index (χ1v) is 8.64. The summed E-state index contributed by atoms with van der Waals surface area (Å²) < 4.78 is 0. The summed E-state index contributed by atoms with van der Waals surface area (Å²) in [7, 11) is 0. The van der Waals surface area contributed by atoms with Crippen molar-refractivity contribution in [3.63, 3.8) is 0 Å². The topological polar surface area (TPSA) is 71.1 Å². The van der Waals surface area contributed by atoms with Crippen LogP contribution in [0.15, 0.2) is 54.6 Å². The van der Waals surface area contributed by atoms with Gasteiger partial charge >= 0.3 is 0 Å². The summed E-state index contributed by atoms with van der Waals surface area (Å²) in [4.78, 5) is 29.3. The smallest absolute Gasteiger partial charge is 0.267 e. The van der Waals surface area contributed by atoms with Gasteiger partial charge in [0.15, 0.2) is 0 Å². The first kappa shape index (κ1) is 17.1. The molecule has 0 unspecified atom stereocenters. The number of rotatable bonds is 3. The van der Waals surface area contributed by atoms with Crippen molar-refractivity contribution < 1.29 is 9.59 Å². The highest BCUT2D eigenvalue weighted by molar-refractivity contribution is 7.17. The number of aromatic nitrogens is 1. The van der Waals surface area contributed by atoms with Gasteiger partial charge in [-0.25, -0.2) is 4.98 Å². The molecule has 1 heterocycles. The number of carbonyl (C=O) groups is 2. The Morgan fingerprint density at radius 1 is 0.960 bits per heavy atom. The van der Waals surface area contributed by atoms with Crippen LogP contribution in [0.25, 0.3) is 10.6 Å². The fourth-order valence-electron chi connectivity index (χ4n) is 2.19. The molecule has 25 heavy (non-hydrogen) atoms. The van der Waals surface area contributed by atoms with Crippen molar-refractivity contribution in [2.24, 2.45) is 0 Å². The van der Waals surface area contributed by atoms with E-state index in [1.165, 1.54) is 11.3 Å². The maximum atomic E-state index is 12.3. The van der Waals surface area contributed by atoms with E-state index in [2.05, 4.69) is 15.8 Å². The van der Waals surface area contributed by atoms with Gasteiger partial charge in [0.1, 0.15) is 9.88 Å². The zero-order valence-electron chi connectivity index (χ0n) is 13.2. The second-order valence-corrected chi connectivity index (χ2v) is 6.59. The number of hydrogen-bond acceptors (Lipinski definition) is 4. The van der Waals surface area contributed by atoms with Crippen molar-refractivity contribution in [1.82, 2.24) is 15.8 Å². The Kier molecular flexibility index (Phi) is 5.11. The molecule has 0 radical (unpaired) electrons. The number of aryl methyl sites for hydroxylation is 1. The first-order valence-electron chi connectivity index (χ1n) is 7.44. The Balaban J connectivity index is 1.71. The number of thiazole rings is 1. The van der Waals surface area contributed by atoms with Crippen LogP contribution in [0.1, 0.15) is 25.7 Å². The minimum atomic E-state index is -0.482. The van der Waals surface area contributed by atoms with Crippen LogP contribution in [0.5, 0.6) is 0 Å². The van der Waals surface area contributed by atoms with Crippen molar-refractivity contribution in [1.29, 1.82) is 0 Å². The van der Waals surface area contributed by atoms with Crippen LogP contribution in [0.4, 0.5) is 0 Å². The SMILES string of the molecule is Cc1nc(-c2ccccc2)sc1C(=O)NNC(=O)c1ccccc1Cl. The van der Waals surface area contributed by atoms with Crippen LogP contribution in [0, 0.1) is 6.92 Å². The molecule has 0 aliphatic heterocycles. The molecule has 7 heteroatoms. The molecule has 0 bridgehead atoms. The quantitative estimate of drug-likeness (QED) is 0.687. The molecule has 0 atom stereocenters. The lowest BCUT2D eigenvalue weighted by Gasteiger charge is -2.07. The van der Waals surface area contributed by atoms with Gasteiger partial charge in [-0.3, -0.25) is 20.4 Å². The van der Waals surface area contributed by atoms with Gasteiger partial charge in [-0.1, -0.05) is 54.1 Å². The second-order valence-electron chi connectivity index (χ2n) is 5.19. The van der Waals surface area contributed by atoms with E-state index in [1.54, 1.807) is 31.2 Å². The lowest BCUT2D eigenvalue weighted by atomic mass is 10.2. The third-order valence-corrected chi connectivity index (χ3v) is 4.97. The highest BCUT2D eigenvalue weighted by Gasteiger charge is 2.17. The number of carbonyl (C=O) groups excluding carboxylic acids is 2. The predicted octanol–water partition coefficient (Wildman–Crippen LogP) is 3.85. The maximum absolute atomic E-state index is 12.3. The number of hydrazine groups is 1. The minimum absolute atomic E-state index is 0.287.